The standard InChI is InChI=1S/C24H17ClF2N2O2/c25-17-5-2-1-4-16(17)24(30)29-11-3-6-21(29)23-28-20-13-15(8-10-22(20)31-23)14-7-9-18(26)19(27)12-14/h1-2,4-5,7-10,12-13,21H,3,6,11H2/t21-/m0/s1. The first kappa shape index (κ1) is 19.7. The molecule has 1 atom stereocenters. The average Bonchev–Trinajstić information content (AvgIpc) is 3.41. The van der Waals surface area contributed by atoms with Gasteiger partial charge in [0.05, 0.1) is 10.6 Å². The number of rotatable bonds is 3. The molecule has 4 aromatic rings. The highest BCUT2D eigenvalue weighted by molar-refractivity contribution is 6.33. The van der Waals surface area contributed by atoms with Crippen LogP contribution >= 0.6 is 11.6 Å². The Morgan fingerprint density at radius 2 is 1.81 bits per heavy atom. The Balaban J connectivity index is 1.47. The maximum absolute atomic E-state index is 13.6. The fourth-order valence-electron chi connectivity index (χ4n) is 4.00. The normalized spacial score (nSPS) is 16.2. The number of carbonyl (C=O) groups is 1. The third-order valence-electron chi connectivity index (χ3n) is 5.56. The fraction of sp³-hybridized carbons (Fsp3) is 0.167. The van der Waals surface area contributed by atoms with E-state index in [1.54, 1.807) is 47.4 Å². The summed E-state index contributed by atoms with van der Waals surface area (Å²) in [6.07, 6.45) is 1.57. The molecule has 1 aromatic heterocycles. The molecule has 31 heavy (non-hydrogen) atoms. The second kappa shape index (κ2) is 7.78. The van der Waals surface area contributed by atoms with Gasteiger partial charge in [-0.2, -0.15) is 0 Å². The Hall–Kier alpha value is -3.25. The van der Waals surface area contributed by atoms with Crippen molar-refractivity contribution in [2.24, 2.45) is 0 Å². The maximum Gasteiger partial charge on any atom is 0.256 e. The van der Waals surface area contributed by atoms with Crippen molar-refractivity contribution in [2.75, 3.05) is 6.54 Å². The molecule has 0 radical (unpaired) electrons. The van der Waals surface area contributed by atoms with Crippen LogP contribution in [-0.4, -0.2) is 22.3 Å². The first-order valence-corrected chi connectivity index (χ1v) is 10.3. The Morgan fingerprint density at radius 1 is 1.03 bits per heavy atom. The van der Waals surface area contributed by atoms with E-state index in [0.717, 1.165) is 25.0 Å². The van der Waals surface area contributed by atoms with Gasteiger partial charge in [-0.25, -0.2) is 13.8 Å². The summed E-state index contributed by atoms with van der Waals surface area (Å²) in [5.41, 5.74) is 2.85. The van der Waals surface area contributed by atoms with Crippen LogP contribution in [0, 0.1) is 11.6 Å². The van der Waals surface area contributed by atoms with Crippen molar-refractivity contribution in [1.82, 2.24) is 9.88 Å². The number of aromatic nitrogens is 1. The van der Waals surface area contributed by atoms with Gasteiger partial charge in [-0.3, -0.25) is 4.79 Å². The lowest BCUT2D eigenvalue weighted by molar-refractivity contribution is 0.0717. The van der Waals surface area contributed by atoms with Gasteiger partial charge in [0.15, 0.2) is 17.2 Å². The molecule has 1 fully saturated rings. The van der Waals surface area contributed by atoms with Crippen LogP contribution in [-0.2, 0) is 0 Å². The zero-order valence-electron chi connectivity index (χ0n) is 16.3. The van der Waals surface area contributed by atoms with Crippen LogP contribution in [0.15, 0.2) is 65.1 Å². The number of benzene rings is 3. The molecule has 0 saturated carbocycles. The zero-order valence-corrected chi connectivity index (χ0v) is 17.1. The summed E-state index contributed by atoms with van der Waals surface area (Å²) in [5.74, 6) is -1.50. The molecule has 156 valence electrons. The number of amides is 1. The average molecular weight is 439 g/mol. The summed E-state index contributed by atoms with van der Waals surface area (Å²) >= 11 is 6.22. The lowest BCUT2D eigenvalue weighted by atomic mass is 10.1. The van der Waals surface area contributed by atoms with Crippen molar-refractivity contribution in [3.8, 4) is 11.1 Å². The molecule has 1 saturated heterocycles. The SMILES string of the molecule is O=C(c1ccccc1Cl)N1CCC[C@H]1c1nc2cc(-c3ccc(F)c(F)c3)ccc2o1. The van der Waals surface area contributed by atoms with Crippen molar-refractivity contribution >= 4 is 28.6 Å². The van der Waals surface area contributed by atoms with Crippen LogP contribution < -0.4 is 0 Å². The largest absolute Gasteiger partial charge is 0.438 e. The van der Waals surface area contributed by atoms with E-state index in [1.807, 2.05) is 0 Å². The summed E-state index contributed by atoms with van der Waals surface area (Å²) in [4.78, 5) is 19.4. The molecule has 7 heteroatoms. The van der Waals surface area contributed by atoms with Crippen molar-refractivity contribution < 1.29 is 18.0 Å². The van der Waals surface area contributed by atoms with E-state index >= 15 is 0 Å². The molecule has 1 aliphatic heterocycles. The number of halogens is 3. The number of likely N-dealkylation sites (tertiary alicyclic amines) is 1. The number of hydrogen-bond donors (Lipinski definition) is 0. The van der Waals surface area contributed by atoms with Gasteiger partial charge < -0.3 is 9.32 Å². The van der Waals surface area contributed by atoms with E-state index < -0.39 is 11.6 Å². The minimum atomic E-state index is -0.905. The quantitative estimate of drug-likeness (QED) is 0.371. The number of nitrogens with zero attached hydrogens (tertiary/aromatic N) is 2. The number of fused-ring (bicyclic) bond motifs is 1. The highest BCUT2D eigenvalue weighted by Crippen LogP contribution is 2.36. The van der Waals surface area contributed by atoms with Gasteiger partial charge in [0.1, 0.15) is 11.6 Å². The molecule has 0 bridgehead atoms. The third-order valence-corrected chi connectivity index (χ3v) is 5.89. The van der Waals surface area contributed by atoms with Crippen molar-refractivity contribution in [1.29, 1.82) is 0 Å². The van der Waals surface area contributed by atoms with Gasteiger partial charge in [0, 0.05) is 6.54 Å². The van der Waals surface area contributed by atoms with Crippen LogP contribution in [0.4, 0.5) is 8.78 Å². The Kier molecular flexibility index (Phi) is 4.94. The van der Waals surface area contributed by atoms with Crippen LogP contribution in [0.25, 0.3) is 22.2 Å². The zero-order chi connectivity index (χ0) is 21.5. The summed E-state index contributed by atoms with van der Waals surface area (Å²) in [7, 11) is 0. The van der Waals surface area contributed by atoms with E-state index in [1.165, 1.54) is 6.07 Å². The number of hydrogen-bond acceptors (Lipinski definition) is 3. The molecule has 5 rings (SSSR count). The second-order valence-corrected chi connectivity index (χ2v) is 7.91. The smallest absolute Gasteiger partial charge is 0.256 e. The molecule has 0 aliphatic carbocycles. The first-order chi connectivity index (χ1) is 15.0. The minimum absolute atomic E-state index is 0.155. The molecule has 1 aliphatic rings. The summed E-state index contributed by atoms with van der Waals surface area (Å²) in [5, 5.41) is 0.409. The summed E-state index contributed by atoms with van der Waals surface area (Å²) < 4.78 is 32.8. The number of carbonyl (C=O) groups excluding carboxylic acids is 1. The van der Waals surface area contributed by atoms with Crippen molar-refractivity contribution in [3.05, 3.63) is 88.8 Å². The molecule has 0 unspecified atom stereocenters. The highest BCUT2D eigenvalue weighted by Gasteiger charge is 2.34. The monoisotopic (exact) mass is 438 g/mol. The topological polar surface area (TPSA) is 46.3 Å². The molecule has 1 amide bonds. The van der Waals surface area contributed by atoms with Gasteiger partial charge in [0.25, 0.3) is 5.91 Å². The Labute approximate surface area is 182 Å². The van der Waals surface area contributed by atoms with E-state index in [4.69, 9.17) is 16.0 Å². The van der Waals surface area contributed by atoms with Gasteiger partial charge >= 0.3 is 0 Å². The number of oxazole rings is 1. The molecule has 0 spiro atoms. The van der Waals surface area contributed by atoms with Crippen molar-refractivity contribution in [2.45, 2.75) is 18.9 Å². The predicted octanol–water partition coefficient (Wildman–Crippen LogP) is 6.40. The molecular weight excluding hydrogens is 422 g/mol. The van der Waals surface area contributed by atoms with Crippen LogP contribution in [0.5, 0.6) is 0 Å². The van der Waals surface area contributed by atoms with Crippen molar-refractivity contribution in [3.63, 3.8) is 0 Å². The fourth-order valence-corrected chi connectivity index (χ4v) is 4.22. The van der Waals surface area contributed by atoms with Gasteiger partial charge in [-0.1, -0.05) is 35.9 Å². The lowest BCUT2D eigenvalue weighted by Crippen LogP contribution is -2.30. The third kappa shape index (κ3) is 3.57. The molecule has 2 heterocycles. The lowest BCUT2D eigenvalue weighted by Gasteiger charge is -2.22. The molecule has 4 nitrogen and oxygen atoms in total. The van der Waals surface area contributed by atoms with E-state index in [2.05, 4.69) is 4.98 Å². The Bertz CT molecular complexity index is 1300. The molecule has 0 N–H and O–H groups in total. The van der Waals surface area contributed by atoms with Gasteiger partial charge in [-0.05, 0) is 60.4 Å². The molecular formula is C24H17ClF2N2O2. The first-order valence-electron chi connectivity index (χ1n) is 9.92. The van der Waals surface area contributed by atoms with E-state index in [-0.39, 0.29) is 11.9 Å². The van der Waals surface area contributed by atoms with Gasteiger partial charge in [0.2, 0.25) is 5.89 Å². The van der Waals surface area contributed by atoms with Crippen LogP contribution in [0.1, 0.15) is 35.1 Å². The minimum Gasteiger partial charge on any atom is -0.438 e. The summed E-state index contributed by atoms with van der Waals surface area (Å²) in [6.45, 7) is 0.591. The summed E-state index contributed by atoms with van der Waals surface area (Å²) in [6, 6.07) is 15.7. The predicted molar refractivity (Wildman–Crippen MR) is 114 cm³/mol. The highest BCUT2D eigenvalue weighted by atomic mass is 35.5. The second-order valence-electron chi connectivity index (χ2n) is 7.50. The Morgan fingerprint density at radius 3 is 2.61 bits per heavy atom. The maximum atomic E-state index is 13.6. The van der Waals surface area contributed by atoms with Gasteiger partial charge in [-0.15, -0.1) is 0 Å². The molecule has 3 aromatic carbocycles. The van der Waals surface area contributed by atoms with E-state index in [9.17, 15) is 13.6 Å². The van der Waals surface area contributed by atoms with Crippen LogP contribution in [0.3, 0.4) is 0 Å². The van der Waals surface area contributed by atoms with E-state index in [0.29, 0.717) is 45.2 Å². The van der Waals surface area contributed by atoms with Crippen LogP contribution in [0.2, 0.25) is 5.02 Å².